The first-order chi connectivity index (χ1) is 8.49. The van der Waals surface area contributed by atoms with Gasteiger partial charge in [-0.2, -0.15) is 5.26 Å². The van der Waals surface area contributed by atoms with Gasteiger partial charge in [-0.25, -0.2) is 4.39 Å². The van der Waals surface area contributed by atoms with Crippen molar-refractivity contribution >= 4 is 27.5 Å². The van der Waals surface area contributed by atoms with Crippen molar-refractivity contribution in [1.29, 1.82) is 5.26 Å². The molecule has 1 N–H and O–H groups in total. The number of carbonyl (C=O) groups is 1. The third kappa shape index (κ3) is 2.88. The van der Waals surface area contributed by atoms with Gasteiger partial charge >= 0.3 is 0 Å². The Morgan fingerprint density at radius 3 is 2.61 bits per heavy atom. The van der Waals surface area contributed by atoms with Gasteiger partial charge in [-0.15, -0.1) is 0 Å². The van der Waals surface area contributed by atoms with Crippen molar-refractivity contribution in [3.05, 3.63) is 28.5 Å². The smallest absolute Gasteiger partial charge is 0.244 e. The summed E-state index contributed by atoms with van der Waals surface area (Å²) >= 11 is 3.23. The Kier molecular flexibility index (Phi) is 4.85. The van der Waals surface area contributed by atoms with E-state index in [9.17, 15) is 9.18 Å². The Balaban J connectivity index is 3.01. The molecule has 96 valence electrons. The largest absolute Gasteiger partial charge is 0.324 e. The predicted octanol–water partition coefficient (Wildman–Crippen LogP) is 3.86. The lowest BCUT2D eigenvalue weighted by atomic mass is 9.83. The van der Waals surface area contributed by atoms with Gasteiger partial charge in [0, 0.05) is 4.47 Å². The third-order valence-electron chi connectivity index (χ3n) is 3.03. The molecule has 0 radical (unpaired) electrons. The van der Waals surface area contributed by atoms with Crippen LogP contribution in [-0.2, 0) is 4.79 Å². The van der Waals surface area contributed by atoms with Crippen molar-refractivity contribution < 1.29 is 9.18 Å². The zero-order valence-electron chi connectivity index (χ0n) is 10.3. The fraction of sp³-hybridized carbons (Fsp3) is 0.385. The van der Waals surface area contributed by atoms with Gasteiger partial charge in [0.05, 0.1) is 11.8 Å². The molecule has 0 aromatic heterocycles. The first-order valence-corrected chi connectivity index (χ1v) is 6.46. The van der Waals surface area contributed by atoms with Gasteiger partial charge in [0.2, 0.25) is 5.91 Å². The Morgan fingerprint density at radius 1 is 1.50 bits per heavy atom. The van der Waals surface area contributed by atoms with Crippen LogP contribution in [0, 0.1) is 22.6 Å². The molecule has 0 atom stereocenters. The Hall–Kier alpha value is -1.41. The lowest BCUT2D eigenvalue weighted by Gasteiger charge is -2.22. The molecule has 0 aliphatic rings. The van der Waals surface area contributed by atoms with Crippen molar-refractivity contribution in [1.82, 2.24) is 0 Å². The second kappa shape index (κ2) is 5.96. The molecule has 18 heavy (non-hydrogen) atoms. The molecule has 1 aromatic carbocycles. The molecule has 0 saturated carbocycles. The number of nitrogens with one attached hydrogen (secondary N) is 1. The van der Waals surface area contributed by atoms with Crippen molar-refractivity contribution in [2.75, 3.05) is 5.32 Å². The number of benzene rings is 1. The Bertz CT molecular complexity index is 492. The number of hydrogen-bond donors (Lipinski definition) is 1. The number of halogens is 2. The van der Waals surface area contributed by atoms with E-state index in [1.54, 1.807) is 13.8 Å². The summed E-state index contributed by atoms with van der Waals surface area (Å²) in [6, 6.07) is 6.07. The van der Waals surface area contributed by atoms with E-state index in [-0.39, 0.29) is 0 Å². The highest BCUT2D eigenvalue weighted by atomic mass is 79.9. The monoisotopic (exact) mass is 312 g/mol. The van der Waals surface area contributed by atoms with Crippen LogP contribution in [0.15, 0.2) is 22.7 Å². The highest BCUT2D eigenvalue weighted by molar-refractivity contribution is 9.10. The minimum absolute atomic E-state index is 0.335. The SMILES string of the molecule is CCC(C#N)(CC)C(=O)Nc1cc(F)ccc1Br. The molecule has 0 saturated heterocycles. The summed E-state index contributed by atoms with van der Waals surface area (Å²) in [6.07, 6.45) is 0.831. The first-order valence-electron chi connectivity index (χ1n) is 5.67. The summed E-state index contributed by atoms with van der Waals surface area (Å²) < 4.78 is 13.7. The third-order valence-corrected chi connectivity index (χ3v) is 3.72. The molecule has 0 fully saturated rings. The van der Waals surface area contributed by atoms with E-state index >= 15 is 0 Å². The standard InChI is InChI=1S/C13H14BrFN2O/c1-3-13(4-2,8-16)12(18)17-11-7-9(15)5-6-10(11)14/h5-7H,3-4H2,1-2H3,(H,17,18). The van der Waals surface area contributed by atoms with Crippen LogP contribution in [0.3, 0.4) is 0 Å². The van der Waals surface area contributed by atoms with Gasteiger partial charge in [-0.1, -0.05) is 13.8 Å². The van der Waals surface area contributed by atoms with E-state index in [0.29, 0.717) is 23.0 Å². The summed E-state index contributed by atoms with van der Waals surface area (Å²) in [5.74, 6) is -0.842. The number of carbonyl (C=O) groups excluding carboxylic acids is 1. The van der Waals surface area contributed by atoms with Crippen molar-refractivity contribution in [2.45, 2.75) is 26.7 Å². The van der Waals surface area contributed by atoms with Crippen LogP contribution in [0.25, 0.3) is 0 Å². The van der Waals surface area contributed by atoms with Gasteiger partial charge in [-0.3, -0.25) is 4.79 Å². The topological polar surface area (TPSA) is 52.9 Å². The molecule has 0 heterocycles. The fourth-order valence-electron chi connectivity index (χ4n) is 1.62. The van der Waals surface area contributed by atoms with Crippen LogP contribution in [0.5, 0.6) is 0 Å². The normalized spacial score (nSPS) is 10.8. The summed E-state index contributed by atoms with van der Waals surface area (Å²) in [6.45, 7) is 3.57. The van der Waals surface area contributed by atoms with Crippen LogP contribution in [-0.4, -0.2) is 5.91 Å². The van der Waals surface area contributed by atoms with Crippen molar-refractivity contribution in [2.24, 2.45) is 5.41 Å². The fourth-order valence-corrected chi connectivity index (χ4v) is 1.96. The zero-order valence-corrected chi connectivity index (χ0v) is 11.8. The molecule has 0 unspecified atom stereocenters. The van der Waals surface area contributed by atoms with Crippen LogP contribution in [0.1, 0.15) is 26.7 Å². The zero-order chi connectivity index (χ0) is 13.8. The maximum Gasteiger partial charge on any atom is 0.244 e. The van der Waals surface area contributed by atoms with Gasteiger partial charge in [0.25, 0.3) is 0 Å². The minimum atomic E-state index is -1.06. The molecule has 0 spiro atoms. The van der Waals surface area contributed by atoms with E-state index in [1.807, 2.05) is 6.07 Å². The van der Waals surface area contributed by atoms with Gasteiger partial charge in [-0.05, 0) is 47.0 Å². The van der Waals surface area contributed by atoms with Crippen LogP contribution in [0.4, 0.5) is 10.1 Å². The van der Waals surface area contributed by atoms with E-state index in [2.05, 4.69) is 21.2 Å². The highest BCUT2D eigenvalue weighted by Gasteiger charge is 2.35. The molecular weight excluding hydrogens is 299 g/mol. The van der Waals surface area contributed by atoms with E-state index in [4.69, 9.17) is 5.26 Å². The average Bonchev–Trinajstić information content (AvgIpc) is 2.37. The van der Waals surface area contributed by atoms with Gasteiger partial charge in [0.1, 0.15) is 11.2 Å². The number of rotatable bonds is 4. The highest BCUT2D eigenvalue weighted by Crippen LogP contribution is 2.30. The number of nitriles is 1. The second-order valence-corrected chi connectivity index (χ2v) is 4.83. The Morgan fingerprint density at radius 2 is 2.11 bits per heavy atom. The molecule has 1 amide bonds. The maximum absolute atomic E-state index is 13.1. The van der Waals surface area contributed by atoms with Crippen LogP contribution >= 0.6 is 15.9 Å². The molecule has 5 heteroatoms. The maximum atomic E-state index is 13.1. The average molecular weight is 313 g/mol. The summed E-state index contributed by atoms with van der Waals surface area (Å²) in [7, 11) is 0. The molecular formula is C13H14BrFN2O. The lowest BCUT2D eigenvalue weighted by Crippen LogP contribution is -2.34. The number of amides is 1. The Labute approximate surface area is 114 Å². The summed E-state index contributed by atoms with van der Waals surface area (Å²) in [5.41, 5.74) is -0.729. The number of hydrogen-bond acceptors (Lipinski definition) is 2. The predicted molar refractivity (Wildman–Crippen MR) is 71.4 cm³/mol. The molecule has 0 aliphatic carbocycles. The lowest BCUT2D eigenvalue weighted by molar-refractivity contribution is -0.123. The van der Waals surface area contributed by atoms with Gasteiger partial charge in [0.15, 0.2) is 0 Å². The van der Waals surface area contributed by atoms with E-state index in [1.165, 1.54) is 18.2 Å². The van der Waals surface area contributed by atoms with E-state index in [0.717, 1.165) is 0 Å². The van der Waals surface area contributed by atoms with Gasteiger partial charge < -0.3 is 5.32 Å². The summed E-state index contributed by atoms with van der Waals surface area (Å²) in [5, 5.41) is 11.7. The molecule has 0 bridgehead atoms. The van der Waals surface area contributed by atoms with Crippen molar-refractivity contribution in [3.63, 3.8) is 0 Å². The number of nitrogens with zero attached hydrogens (tertiary/aromatic N) is 1. The molecule has 1 aromatic rings. The minimum Gasteiger partial charge on any atom is -0.324 e. The van der Waals surface area contributed by atoms with Crippen LogP contribution < -0.4 is 5.32 Å². The number of anilines is 1. The molecule has 3 nitrogen and oxygen atoms in total. The molecule has 0 aliphatic heterocycles. The molecule has 1 rings (SSSR count). The van der Waals surface area contributed by atoms with Crippen molar-refractivity contribution in [3.8, 4) is 6.07 Å². The van der Waals surface area contributed by atoms with Crippen LogP contribution in [0.2, 0.25) is 0 Å². The quantitative estimate of drug-likeness (QED) is 0.918. The summed E-state index contributed by atoms with van der Waals surface area (Å²) in [4.78, 5) is 12.1. The first kappa shape index (κ1) is 14.7. The van der Waals surface area contributed by atoms with E-state index < -0.39 is 17.1 Å². The second-order valence-electron chi connectivity index (χ2n) is 3.98.